The van der Waals surface area contributed by atoms with E-state index in [4.69, 9.17) is 4.74 Å². The molecular weight excluding hydrogens is 171 g/mol. The number of aliphatic hydroxyl groups is 1. The molecule has 0 fully saturated rings. The molecule has 0 amide bonds. The maximum Gasteiger partial charge on any atom is 0.0797 e. The van der Waals surface area contributed by atoms with Crippen LogP contribution in [0.4, 0.5) is 0 Å². The van der Waals surface area contributed by atoms with Crippen molar-refractivity contribution in [1.82, 2.24) is 0 Å². The van der Waals surface area contributed by atoms with Gasteiger partial charge in [0.2, 0.25) is 0 Å². The van der Waals surface area contributed by atoms with Gasteiger partial charge in [0.15, 0.2) is 0 Å². The SMILES string of the molecule is CCC(C)OCC(C)C(C)(O)P. The minimum absolute atomic E-state index is 0.150. The zero-order valence-corrected chi connectivity index (χ0v) is 9.66. The molecule has 0 aromatic heterocycles. The van der Waals surface area contributed by atoms with E-state index in [-0.39, 0.29) is 5.92 Å². The van der Waals surface area contributed by atoms with Gasteiger partial charge >= 0.3 is 0 Å². The Labute approximate surface area is 77.9 Å². The molecule has 1 N–H and O–H groups in total. The lowest BCUT2D eigenvalue weighted by Gasteiger charge is -2.26. The van der Waals surface area contributed by atoms with Crippen LogP contribution >= 0.6 is 9.24 Å². The van der Waals surface area contributed by atoms with Crippen molar-refractivity contribution in [2.24, 2.45) is 5.92 Å². The van der Waals surface area contributed by atoms with Crippen LogP contribution in [-0.2, 0) is 4.74 Å². The lowest BCUT2D eigenvalue weighted by Crippen LogP contribution is -2.29. The Kier molecular flexibility index (Phi) is 5.31. The van der Waals surface area contributed by atoms with E-state index in [1.165, 1.54) is 0 Å². The van der Waals surface area contributed by atoms with Crippen LogP contribution < -0.4 is 0 Å². The summed E-state index contributed by atoms with van der Waals surface area (Å²) in [5.41, 5.74) is 0. The maximum absolute atomic E-state index is 9.55. The fourth-order valence-electron chi connectivity index (χ4n) is 0.595. The summed E-state index contributed by atoms with van der Waals surface area (Å²) in [6, 6.07) is 0. The van der Waals surface area contributed by atoms with Crippen molar-refractivity contribution >= 4 is 9.24 Å². The first-order valence-corrected chi connectivity index (χ1v) is 5.08. The van der Waals surface area contributed by atoms with Gasteiger partial charge < -0.3 is 9.84 Å². The van der Waals surface area contributed by atoms with Crippen molar-refractivity contribution in [2.75, 3.05) is 6.61 Å². The standard InChI is InChI=1S/C9H21O2P/c1-5-8(3)11-6-7(2)9(4,10)12/h7-8,10H,5-6,12H2,1-4H3. The van der Waals surface area contributed by atoms with Gasteiger partial charge in [0, 0.05) is 5.92 Å². The highest BCUT2D eigenvalue weighted by Crippen LogP contribution is 2.24. The molecule has 0 aromatic rings. The molecule has 4 atom stereocenters. The predicted octanol–water partition coefficient (Wildman–Crippen LogP) is 2.02. The molecule has 0 radical (unpaired) electrons. The molecule has 2 nitrogen and oxygen atoms in total. The Bertz CT molecular complexity index is 120. The first kappa shape index (κ1) is 12.3. The third-order valence-corrected chi connectivity index (χ3v) is 2.77. The minimum atomic E-state index is -0.715. The summed E-state index contributed by atoms with van der Waals surface area (Å²) in [5.74, 6) is 0.150. The van der Waals surface area contributed by atoms with Crippen LogP contribution in [0.2, 0.25) is 0 Å². The molecule has 3 heteroatoms. The molecule has 0 spiro atoms. The van der Waals surface area contributed by atoms with E-state index < -0.39 is 5.34 Å². The molecular formula is C9H21O2P. The molecule has 0 aliphatic carbocycles. The van der Waals surface area contributed by atoms with Gasteiger partial charge in [-0.1, -0.05) is 13.8 Å². The highest BCUT2D eigenvalue weighted by Gasteiger charge is 2.22. The summed E-state index contributed by atoms with van der Waals surface area (Å²) >= 11 is 0. The van der Waals surface area contributed by atoms with Crippen molar-refractivity contribution in [1.29, 1.82) is 0 Å². The average Bonchev–Trinajstić information content (AvgIpc) is 1.97. The summed E-state index contributed by atoms with van der Waals surface area (Å²) in [4.78, 5) is 0. The van der Waals surface area contributed by atoms with Gasteiger partial charge in [-0.3, -0.25) is 0 Å². The smallest absolute Gasteiger partial charge is 0.0797 e. The lowest BCUT2D eigenvalue weighted by atomic mass is 10.1. The quantitative estimate of drug-likeness (QED) is 0.675. The molecule has 0 saturated heterocycles. The Morgan fingerprint density at radius 1 is 1.50 bits per heavy atom. The third-order valence-electron chi connectivity index (χ3n) is 2.20. The van der Waals surface area contributed by atoms with Crippen molar-refractivity contribution in [3.63, 3.8) is 0 Å². The number of rotatable bonds is 5. The van der Waals surface area contributed by atoms with Crippen LogP contribution in [0.1, 0.15) is 34.1 Å². The van der Waals surface area contributed by atoms with Gasteiger partial charge in [-0.25, -0.2) is 0 Å². The largest absolute Gasteiger partial charge is 0.386 e. The van der Waals surface area contributed by atoms with Gasteiger partial charge in [0.05, 0.1) is 18.1 Å². The highest BCUT2D eigenvalue weighted by atomic mass is 31.0. The first-order chi connectivity index (χ1) is 5.38. The normalized spacial score (nSPS) is 21.5. The van der Waals surface area contributed by atoms with Crippen molar-refractivity contribution in [3.8, 4) is 0 Å². The van der Waals surface area contributed by atoms with Gasteiger partial charge in [0.1, 0.15) is 0 Å². The minimum Gasteiger partial charge on any atom is -0.386 e. The third kappa shape index (κ3) is 5.08. The topological polar surface area (TPSA) is 29.5 Å². The van der Waals surface area contributed by atoms with E-state index in [9.17, 15) is 5.11 Å². The molecule has 0 saturated carbocycles. The van der Waals surface area contributed by atoms with E-state index in [2.05, 4.69) is 16.2 Å². The molecule has 0 rings (SSSR count). The molecule has 0 bridgehead atoms. The molecule has 0 aliphatic heterocycles. The molecule has 0 heterocycles. The molecule has 74 valence electrons. The van der Waals surface area contributed by atoms with Gasteiger partial charge in [-0.2, -0.15) is 0 Å². The van der Waals surface area contributed by atoms with Crippen LogP contribution in [0.3, 0.4) is 0 Å². The Hall–Kier alpha value is 0.350. The fraction of sp³-hybridized carbons (Fsp3) is 1.00. The van der Waals surface area contributed by atoms with Crippen LogP contribution in [0.5, 0.6) is 0 Å². The second-order valence-electron chi connectivity index (χ2n) is 3.68. The van der Waals surface area contributed by atoms with Crippen molar-refractivity contribution < 1.29 is 9.84 Å². The Morgan fingerprint density at radius 3 is 2.33 bits per heavy atom. The van der Waals surface area contributed by atoms with E-state index in [1.54, 1.807) is 6.92 Å². The molecule has 4 unspecified atom stereocenters. The fourth-order valence-corrected chi connectivity index (χ4v) is 0.691. The second kappa shape index (κ2) is 5.16. The van der Waals surface area contributed by atoms with Crippen LogP contribution in [0.15, 0.2) is 0 Å². The summed E-state index contributed by atoms with van der Waals surface area (Å²) in [5, 5.41) is 8.84. The second-order valence-corrected chi connectivity index (χ2v) is 4.85. The zero-order chi connectivity index (χ0) is 9.78. The highest BCUT2D eigenvalue weighted by molar-refractivity contribution is 7.18. The monoisotopic (exact) mass is 192 g/mol. The summed E-state index contributed by atoms with van der Waals surface area (Å²) in [7, 11) is 2.43. The first-order valence-electron chi connectivity index (χ1n) is 4.50. The lowest BCUT2D eigenvalue weighted by molar-refractivity contribution is -0.00649. The summed E-state index contributed by atoms with van der Waals surface area (Å²) < 4.78 is 5.51. The van der Waals surface area contributed by atoms with E-state index in [0.29, 0.717) is 12.7 Å². The van der Waals surface area contributed by atoms with Crippen LogP contribution in [0.25, 0.3) is 0 Å². The Balaban J connectivity index is 3.64. The Morgan fingerprint density at radius 2 is 2.00 bits per heavy atom. The van der Waals surface area contributed by atoms with Crippen molar-refractivity contribution in [2.45, 2.75) is 45.6 Å². The van der Waals surface area contributed by atoms with Crippen LogP contribution in [0, 0.1) is 5.92 Å². The van der Waals surface area contributed by atoms with Gasteiger partial charge in [0.25, 0.3) is 0 Å². The molecule has 0 aromatic carbocycles. The number of hydrogen-bond acceptors (Lipinski definition) is 2. The number of hydrogen-bond donors (Lipinski definition) is 1. The number of ether oxygens (including phenoxy) is 1. The van der Waals surface area contributed by atoms with E-state index in [1.807, 2.05) is 13.8 Å². The molecule has 12 heavy (non-hydrogen) atoms. The average molecular weight is 192 g/mol. The van der Waals surface area contributed by atoms with Crippen LogP contribution in [-0.4, -0.2) is 23.2 Å². The zero-order valence-electron chi connectivity index (χ0n) is 8.50. The molecule has 0 aliphatic rings. The summed E-state index contributed by atoms with van der Waals surface area (Å²) in [6.45, 7) is 8.52. The van der Waals surface area contributed by atoms with Gasteiger partial charge in [-0.05, 0) is 20.3 Å². The maximum atomic E-state index is 9.55. The van der Waals surface area contributed by atoms with Gasteiger partial charge in [-0.15, -0.1) is 9.24 Å². The van der Waals surface area contributed by atoms with E-state index >= 15 is 0 Å². The summed E-state index contributed by atoms with van der Waals surface area (Å²) in [6.07, 6.45) is 1.31. The van der Waals surface area contributed by atoms with E-state index in [0.717, 1.165) is 6.42 Å². The predicted molar refractivity (Wildman–Crippen MR) is 55.2 cm³/mol. The van der Waals surface area contributed by atoms with Crippen molar-refractivity contribution in [3.05, 3.63) is 0 Å².